The predicted octanol–water partition coefficient (Wildman–Crippen LogP) is 1.30. The Kier molecular flexibility index (Phi) is 2.67. The van der Waals surface area contributed by atoms with Gasteiger partial charge in [0.15, 0.2) is 0 Å². The summed E-state index contributed by atoms with van der Waals surface area (Å²) in [6.07, 6.45) is 3.29. The topological polar surface area (TPSA) is 63.6 Å². The van der Waals surface area contributed by atoms with Crippen LogP contribution in [0.1, 0.15) is 25.7 Å². The molecule has 1 N–H and O–H groups in total. The van der Waals surface area contributed by atoms with Crippen LogP contribution in [0.5, 0.6) is 0 Å². The van der Waals surface area contributed by atoms with Gasteiger partial charge in [-0.1, -0.05) is 0 Å². The number of methoxy groups -OCH3 is 1. The van der Waals surface area contributed by atoms with Gasteiger partial charge in [0.25, 0.3) is 0 Å². The molecule has 84 valence electrons. The molecule has 0 unspecified atom stereocenters. The summed E-state index contributed by atoms with van der Waals surface area (Å²) in [5, 5.41) is 9.03. The average molecular weight is 212 g/mol. The lowest BCUT2D eigenvalue weighted by atomic mass is 9.60. The number of carboxylic acid groups (broad SMARTS) is 1. The molecule has 0 saturated heterocycles. The van der Waals surface area contributed by atoms with Crippen molar-refractivity contribution in [1.82, 2.24) is 0 Å². The molecule has 0 aromatic carbocycles. The first-order valence-electron chi connectivity index (χ1n) is 5.44. The Morgan fingerprint density at radius 3 is 2.07 bits per heavy atom. The van der Waals surface area contributed by atoms with Crippen LogP contribution in [0.15, 0.2) is 0 Å². The van der Waals surface area contributed by atoms with Gasteiger partial charge in [-0.25, -0.2) is 0 Å². The summed E-state index contributed by atoms with van der Waals surface area (Å²) in [4.78, 5) is 22.4. The van der Waals surface area contributed by atoms with E-state index < -0.39 is 5.97 Å². The van der Waals surface area contributed by atoms with E-state index in [1.165, 1.54) is 7.11 Å². The van der Waals surface area contributed by atoms with Crippen molar-refractivity contribution in [1.29, 1.82) is 0 Å². The van der Waals surface area contributed by atoms with E-state index in [1.54, 1.807) is 0 Å². The van der Waals surface area contributed by atoms with Crippen LogP contribution < -0.4 is 0 Å². The minimum atomic E-state index is -0.701. The molecule has 0 spiro atoms. The zero-order valence-corrected chi connectivity index (χ0v) is 8.81. The summed E-state index contributed by atoms with van der Waals surface area (Å²) < 4.78 is 4.75. The van der Waals surface area contributed by atoms with Gasteiger partial charge in [0.1, 0.15) is 0 Å². The Hall–Kier alpha value is -1.06. The van der Waals surface area contributed by atoms with E-state index in [-0.39, 0.29) is 29.6 Å². The zero-order chi connectivity index (χ0) is 11.0. The molecule has 0 aromatic rings. The van der Waals surface area contributed by atoms with E-state index in [1.807, 2.05) is 0 Å². The van der Waals surface area contributed by atoms with Crippen molar-refractivity contribution in [3.63, 3.8) is 0 Å². The molecule has 2 bridgehead atoms. The molecule has 3 saturated carbocycles. The minimum Gasteiger partial charge on any atom is -0.481 e. The number of carboxylic acids is 1. The van der Waals surface area contributed by atoms with Crippen LogP contribution >= 0.6 is 0 Å². The predicted molar refractivity (Wildman–Crippen MR) is 52.1 cm³/mol. The Morgan fingerprint density at radius 2 is 1.67 bits per heavy atom. The normalized spacial score (nSPS) is 38.7. The number of carbonyl (C=O) groups is 2. The Balaban J connectivity index is 2.09. The third-order valence-electron chi connectivity index (χ3n) is 3.98. The summed E-state index contributed by atoms with van der Waals surface area (Å²) >= 11 is 0. The van der Waals surface area contributed by atoms with E-state index in [9.17, 15) is 9.59 Å². The smallest absolute Gasteiger partial charge is 0.308 e. The summed E-state index contributed by atoms with van der Waals surface area (Å²) in [5.41, 5.74) is 0. The van der Waals surface area contributed by atoms with Crippen LogP contribution in [0, 0.1) is 23.7 Å². The number of esters is 1. The first kappa shape index (κ1) is 10.5. The van der Waals surface area contributed by atoms with Gasteiger partial charge < -0.3 is 9.84 Å². The fraction of sp³-hybridized carbons (Fsp3) is 0.818. The highest BCUT2D eigenvalue weighted by Crippen LogP contribution is 2.48. The Labute approximate surface area is 88.6 Å². The fourth-order valence-electron chi connectivity index (χ4n) is 3.17. The molecule has 3 fully saturated rings. The zero-order valence-electron chi connectivity index (χ0n) is 8.81. The van der Waals surface area contributed by atoms with Crippen LogP contribution in [0.2, 0.25) is 0 Å². The van der Waals surface area contributed by atoms with Crippen LogP contribution in [0.4, 0.5) is 0 Å². The highest BCUT2D eigenvalue weighted by Gasteiger charge is 2.47. The maximum atomic E-state index is 11.5. The van der Waals surface area contributed by atoms with Gasteiger partial charge in [0, 0.05) is 0 Å². The standard InChI is InChI=1S/C11H16O4/c1-15-11(14)9-5-6-2-3-7(9)4-8(6)10(12)13/h6-9H,2-5H2,1H3,(H,12,13)/t6-,7-,8-,9-/m0/s1. The van der Waals surface area contributed by atoms with E-state index in [0.717, 1.165) is 12.8 Å². The van der Waals surface area contributed by atoms with Crippen molar-refractivity contribution in [2.75, 3.05) is 7.11 Å². The summed E-state index contributed by atoms with van der Waals surface area (Å²) in [6.45, 7) is 0. The first-order chi connectivity index (χ1) is 7.13. The van der Waals surface area contributed by atoms with Crippen molar-refractivity contribution >= 4 is 11.9 Å². The van der Waals surface area contributed by atoms with E-state index in [0.29, 0.717) is 12.8 Å². The molecule has 0 amide bonds. The van der Waals surface area contributed by atoms with Gasteiger partial charge in [-0.2, -0.15) is 0 Å². The number of fused-ring (bicyclic) bond motifs is 3. The Morgan fingerprint density at radius 1 is 1.13 bits per heavy atom. The highest BCUT2D eigenvalue weighted by atomic mass is 16.5. The summed E-state index contributed by atoms with van der Waals surface area (Å²) in [5.74, 6) is -0.740. The fourth-order valence-corrected chi connectivity index (χ4v) is 3.17. The molecule has 4 atom stereocenters. The number of hydrogen-bond acceptors (Lipinski definition) is 3. The lowest BCUT2D eigenvalue weighted by Gasteiger charge is -2.44. The third-order valence-corrected chi connectivity index (χ3v) is 3.98. The van der Waals surface area contributed by atoms with Gasteiger partial charge in [0.2, 0.25) is 0 Å². The largest absolute Gasteiger partial charge is 0.481 e. The van der Waals surface area contributed by atoms with Gasteiger partial charge >= 0.3 is 11.9 Å². The maximum absolute atomic E-state index is 11.5. The lowest BCUT2D eigenvalue weighted by Crippen LogP contribution is -2.44. The molecule has 0 aromatic heterocycles. The van der Waals surface area contributed by atoms with Gasteiger partial charge in [0.05, 0.1) is 18.9 Å². The van der Waals surface area contributed by atoms with E-state index >= 15 is 0 Å². The van der Waals surface area contributed by atoms with Crippen LogP contribution in [-0.4, -0.2) is 24.2 Å². The minimum absolute atomic E-state index is 0.0515. The molecule has 4 heteroatoms. The van der Waals surface area contributed by atoms with Crippen molar-refractivity contribution in [3.05, 3.63) is 0 Å². The third kappa shape index (κ3) is 1.73. The number of carbonyl (C=O) groups excluding carboxylic acids is 1. The van der Waals surface area contributed by atoms with Crippen LogP contribution in [-0.2, 0) is 14.3 Å². The SMILES string of the molecule is COC(=O)[C@H]1C[C@@H]2CC[C@H]1C[C@@H]2C(=O)O. The van der Waals surface area contributed by atoms with Gasteiger partial charge in [-0.15, -0.1) is 0 Å². The van der Waals surface area contributed by atoms with E-state index in [2.05, 4.69) is 0 Å². The number of hydrogen-bond donors (Lipinski definition) is 1. The highest BCUT2D eigenvalue weighted by molar-refractivity contribution is 5.75. The van der Waals surface area contributed by atoms with Crippen LogP contribution in [0.3, 0.4) is 0 Å². The van der Waals surface area contributed by atoms with Crippen LogP contribution in [0.25, 0.3) is 0 Å². The van der Waals surface area contributed by atoms with Crippen molar-refractivity contribution in [3.8, 4) is 0 Å². The molecule has 0 radical (unpaired) electrons. The molecule has 4 nitrogen and oxygen atoms in total. The van der Waals surface area contributed by atoms with Gasteiger partial charge in [-0.3, -0.25) is 9.59 Å². The quantitative estimate of drug-likeness (QED) is 0.701. The molecule has 3 aliphatic rings. The monoisotopic (exact) mass is 212 g/mol. The maximum Gasteiger partial charge on any atom is 0.308 e. The van der Waals surface area contributed by atoms with Crippen molar-refractivity contribution in [2.45, 2.75) is 25.7 Å². The first-order valence-corrected chi connectivity index (χ1v) is 5.44. The molecule has 3 rings (SSSR count). The average Bonchev–Trinajstić information content (AvgIpc) is 2.28. The number of rotatable bonds is 2. The lowest BCUT2D eigenvalue weighted by molar-refractivity contribution is -0.159. The van der Waals surface area contributed by atoms with Crippen molar-refractivity contribution in [2.24, 2.45) is 23.7 Å². The second kappa shape index (κ2) is 3.83. The molecular formula is C11H16O4. The summed E-state index contributed by atoms with van der Waals surface area (Å²) in [7, 11) is 1.40. The molecular weight excluding hydrogens is 196 g/mol. The molecule has 0 heterocycles. The second-order valence-electron chi connectivity index (χ2n) is 4.64. The molecule has 15 heavy (non-hydrogen) atoms. The Bertz CT molecular complexity index is 286. The van der Waals surface area contributed by atoms with Gasteiger partial charge in [-0.05, 0) is 37.5 Å². The van der Waals surface area contributed by atoms with E-state index in [4.69, 9.17) is 9.84 Å². The summed E-state index contributed by atoms with van der Waals surface area (Å²) in [6, 6.07) is 0. The van der Waals surface area contributed by atoms with Crippen molar-refractivity contribution < 1.29 is 19.4 Å². The molecule has 3 aliphatic carbocycles. The molecule has 0 aliphatic heterocycles. The second-order valence-corrected chi connectivity index (χ2v) is 4.64. The number of aliphatic carboxylic acids is 1. The number of ether oxygens (including phenoxy) is 1.